The number of hydrogen-bond donors (Lipinski definition) is 0. The van der Waals surface area contributed by atoms with Crippen LogP contribution in [0.1, 0.15) is 39.5 Å². The number of anilines is 1. The summed E-state index contributed by atoms with van der Waals surface area (Å²) in [5.74, 6) is 0.680. The zero-order chi connectivity index (χ0) is 17.8. The van der Waals surface area contributed by atoms with Crippen LogP contribution < -0.4 is 4.90 Å². The van der Waals surface area contributed by atoms with Crippen LogP contribution in [0, 0.1) is 5.92 Å². The molecule has 1 saturated heterocycles. The van der Waals surface area contributed by atoms with E-state index in [1.165, 1.54) is 49.8 Å². The predicted molar refractivity (Wildman–Crippen MR) is 109 cm³/mol. The van der Waals surface area contributed by atoms with Crippen molar-refractivity contribution in [1.29, 1.82) is 0 Å². The van der Waals surface area contributed by atoms with Gasteiger partial charge in [-0.15, -0.1) is 0 Å². The van der Waals surface area contributed by atoms with Gasteiger partial charge in [-0.05, 0) is 62.5 Å². The molecule has 3 rings (SSSR count). The molecule has 25 heavy (non-hydrogen) atoms. The van der Waals surface area contributed by atoms with Gasteiger partial charge in [0.1, 0.15) is 0 Å². The molecular formula is C21H30ClN3. The monoisotopic (exact) mass is 359 g/mol. The molecule has 136 valence electrons. The fourth-order valence-electron chi connectivity index (χ4n) is 3.95. The van der Waals surface area contributed by atoms with Crippen LogP contribution >= 0.6 is 11.6 Å². The third-order valence-corrected chi connectivity index (χ3v) is 5.51. The first-order valence-electron chi connectivity index (χ1n) is 9.54. The molecule has 1 atom stereocenters. The SMILES string of the molecule is CC(C)CC(CN1CCCCC1)N(C)c1ccnc2cc(Cl)ccc12. The topological polar surface area (TPSA) is 19.4 Å². The van der Waals surface area contributed by atoms with Crippen molar-refractivity contribution >= 4 is 28.2 Å². The van der Waals surface area contributed by atoms with Gasteiger partial charge in [0.2, 0.25) is 0 Å². The maximum Gasteiger partial charge on any atom is 0.0737 e. The van der Waals surface area contributed by atoms with E-state index in [0.29, 0.717) is 12.0 Å². The second kappa shape index (κ2) is 8.37. The Morgan fingerprint density at radius 3 is 2.64 bits per heavy atom. The van der Waals surface area contributed by atoms with Gasteiger partial charge < -0.3 is 9.80 Å². The molecule has 3 nitrogen and oxygen atoms in total. The average molecular weight is 360 g/mol. The molecule has 0 amide bonds. The highest BCUT2D eigenvalue weighted by molar-refractivity contribution is 6.31. The maximum atomic E-state index is 6.15. The smallest absolute Gasteiger partial charge is 0.0737 e. The summed E-state index contributed by atoms with van der Waals surface area (Å²) in [6.45, 7) is 8.28. The second-order valence-electron chi connectivity index (χ2n) is 7.75. The molecule has 1 aromatic carbocycles. The molecule has 4 heteroatoms. The van der Waals surface area contributed by atoms with Crippen LogP contribution in [0.4, 0.5) is 5.69 Å². The summed E-state index contributed by atoms with van der Waals surface area (Å²) in [6, 6.07) is 8.67. The van der Waals surface area contributed by atoms with Crippen molar-refractivity contribution in [3.63, 3.8) is 0 Å². The fraction of sp³-hybridized carbons (Fsp3) is 0.571. The molecule has 0 N–H and O–H groups in total. The number of fused-ring (bicyclic) bond motifs is 1. The van der Waals surface area contributed by atoms with Crippen molar-refractivity contribution in [2.75, 3.05) is 31.6 Å². The van der Waals surface area contributed by atoms with Gasteiger partial charge >= 0.3 is 0 Å². The lowest BCUT2D eigenvalue weighted by molar-refractivity contribution is 0.207. The fourth-order valence-corrected chi connectivity index (χ4v) is 4.12. The predicted octanol–water partition coefficient (Wildman–Crippen LogP) is 5.23. The molecule has 0 radical (unpaired) electrons. The van der Waals surface area contributed by atoms with Gasteiger partial charge in [-0.25, -0.2) is 0 Å². The van der Waals surface area contributed by atoms with Crippen molar-refractivity contribution < 1.29 is 0 Å². The minimum atomic E-state index is 0.513. The first-order chi connectivity index (χ1) is 12.0. The van der Waals surface area contributed by atoms with Gasteiger partial charge in [-0.2, -0.15) is 0 Å². The summed E-state index contributed by atoms with van der Waals surface area (Å²) in [7, 11) is 2.24. The van der Waals surface area contributed by atoms with Crippen LogP contribution in [0.5, 0.6) is 0 Å². The number of benzene rings is 1. The summed E-state index contributed by atoms with van der Waals surface area (Å²) in [6.07, 6.45) is 7.17. The molecule has 0 saturated carbocycles. The maximum absolute atomic E-state index is 6.15. The summed E-state index contributed by atoms with van der Waals surface area (Å²) in [5.41, 5.74) is 2.22. The van der Waals surface area contributed by atoms with Gasteiger partial charge in [0.15, 0.2) is 0 Å². The number of pyridine rings is 1. The third kappa shape index (κ3) is 4.65. The average Bonchev–Trinajstić information content (AvgIpc) is 2.60. The quantitative estimate of drug-likeness (QED) is 0.704. The number of piperidine rings is 1. The normalized spacial score (nSPS) is 17.2. The highest BCUT2D eigenvalue weighted by Gasteiger charge is 2.22. The molecular weight excluding hydrogens is 330 g/mol. The van der Waals surface area contributed by atoms with Crippen LogP contribution in [0.15, 0.2) is 30.5 Å². The van der Waals surface area contributed by atoms with E-state index in [9.17, 15) is 0 Å². The van der Waals surface area contributed by atoms with E-state index < -0.39 is 0 Å². The Labute approximate surface area is 157 Å². The van der Waals surface area contributed by atoms with E-state index in [-0.39, 0.29) is 0 Å². The molecule has 1 aromatic heterocycles. The van der Waals surface area contributed by atoms with Gasteiger partial charge in [-0.1, -0.05) is 31.9 Å². The Kier molecular flexibility index (Phi) is 6.19. The molecule has 1 fully saturated rings. The largest absolute Gasteiger partial charge is 0.370 e. The number of likely N-dealkylation sites (tertiary alicyclic amines) is 1. The summed E-state index contributed by atoms with van der Waals surface area (Å²) in [5, 5.41) is 1.92. The Balaban J connectivity index is 1.87. The lowest BCUT2D eigenvalue weighted by atomic mass is 10.00. The summed E-state index contributed by atoms with van der Waals surface area (Å²) < 4.78 is 0. The number of likely N-dealkylation sites (N-methyl/N-ethyl adjacent to an activating group) is 1. The highest BCUT2D eigenvalue weighted by Crippen LogP contribution is 2.29. The van der Waals surface area contributed by atoms with E-state index >= 15 is 0 Å². The highest BCUT2D eigenvalue weighted by atomic mass is 35.5. The van der Waals surface area contributed by atoms with Crippen molar-refractivity contribution in [3.05, 3.63) is 35.5 Å². The minimum absolute atomic E-state index is 0.513. The number of hydrogen-bond acceptors (Lipinski definition) is 3. The summed E-state index contributed by atoms with van der Waals surface area (Å²) in [4.78, 5) is 9.61. The van der Waals surface area contributed by atoms with Crippen LogP contribution in [0.2, 0.25) is 5.02 Å². The number of aromatic nitrogens is 1. The van der Waals surface area contributed by atoms with E-state index in [0.717, 1.165) is 17.1 Å². The lowest BCUT2D eigenvalue weighted by Crippen LogP contribution is -2.44. The molecule has 2 heterocycles. The van der Waals surface area contributed by atoms with Crippen LogP contribution in [0.25, 0.3) is 10.9 Å². The molecule has 0 aliphatic carbocycles. The van der Waals surface area contributed by atoms with Crippen molar-refractivity contribution in [2.24, 2.45) is 5.92 Å². The first kappa shape index (κ1) is 18.5. The molecule has 0 bridgehead atoms. The number of rotatable bonds is 6. The Bertz CT molecular complexity index is 695. The van der Waals surface area contributed by atoms with E-state index in [2.05, 4.69) is 47.8 Å². The van der Waals surface area contributed by atoms with Crippen LogP contribution in [-0.4, -0.2) is 42.6 Å². The second-order valence-corrected chi connectivity index (χ2v) is 8.18. The van der Waals surface area contributed by atoms with Crippen molar-refractivity contribution in [3.8, 4) is 0 Å². The van der Waals surface area contributed by atoms with Gasteiger partial charge in [0.05, 0.1) is 5.52 Å². The molecule has 0 spiro atoms. The first-order valence-corrected chi connectivity index (χ1v) is 9.92. The van der Waals surface area contributed by atoms with Gasteiger partial charge in [0, 0.05) is 41.9 Å². The van der Waals surface area contributed by atoms with Gasteiger partial charge in [0.25, 0.3) is 0 Å². The Morgan fingerprint density at radius 1 is 1.16 bits per heavy atom. The molecule has 1 aliphatic rings. The van der Waals surface area contributed by atoms with E-state index in [1.807, 2.05) is 18.3 Å². The standard InChI is InChI=1S/C21H30ClN3/c1-16(2)13-18(15-25-11-5-4-6-12-25)24(3)21-9-10-23-20-14-17(22)7-8-19(20)21/h7-10,14,16,18H,4-6,11-13,15H2,1-3H3. The van der Waals surface area contributed by atoms with E-state index in [1.54, 1.807) is 0 Å². The third-order valence-electron chi connectivity index (χ3n) is 5.27. The lowest BCUT2D eigenvalue weighted by Gasteiger charge is -2.37. The Hall–Kier alpha value is -1.32. The minimum Gasteiger partial charge on any atom is -0.370 e. The van der Waals surface area contributed by atoms with Crippen LogP contribution in [-0.2, 0) is 0 Å². The van der Waals surface area contributed by atoms with E-state index in [4.69, 9.17) is 11.6 Å². The Morgan fingerprint density at radius 2 is 1.92 bits per heavy atom. The van der Waals surface area contributed by atoms with Gasteiger partial charge in [-0.3, -0.25) is 4.98 Å². The van der Waals surface area contributed by atoms with Crippen LogP contribution in [0.3, 0.4) is 0 Å². The summed E-state index contributed by atoms with van der Waals surface area (Å²) >= 11 is 6.15. The molecule has 2 aromatic rings. The zero-order valence-corrected chi connectivity index (χ0v) is 16.5. The molecule has 1 aliphatic heterocycles. The number of halogens is 1. The molecule has 1 unspecified atom stereocenters. The number of nitrogens with zero attached hydrogens (tertiary/aromatic N) is 3. The van der Waals surface area contributed by atoms with Crippen molar-refractivity contribution in [2.45, 2.75) is 45.6 Å². The van der Waals surface area contributed by atoms with Crippen molar-refractivity contribution in [1.82, 2.24) is 9.88 Å². The zero-order valence-electron chi connectivity index (χ0n) is 15.7.